The van der Waals surface area contributed by atoms with Crippen LogP contribution in [0, 0.1) is 0 Å². The summed E-state index contributed by atoms with van der Waals surface area (Å²) < 4.78 is 0. The summed E-state index contributed by atoms with van der Waals surface area (Å²) in [5.41, 5.74) is 4.33. The third-order valence-corrected chi connectivity index (χ3v) is 5.62. The number of rotatable bonds is 5. The van der Waals surface area contributed by atoms with Crippen LogP contribution in [0.2, 0.25) is 10.0 Å². The van der Waals surface area contributed by atoms with Crippen molar-refractivity contribution < 1.29 is 0 Å². The highest BCUT2D eigenvalue weighted by molar-refractivity contribution is 6.42. The summed E-state index contributed by atoms with van der Waals surface area (Å²) in [7, 11) is 4.31. The highest BCUT2D eigenvalue weighted by Crippen LogP contribution is 2.36. The number of nitrogens with two attached hydrogens (primary N) is 1. The predicted molar refractivity (Wildman–Crippen MR) is 90.8 cm³/mol. The molecule has 0 amide bonds. The molecular weight excluding hydrogens is 305 g/mol. The molecule has 1 atom stereocenters. The van der Waals surface area contributed by atoms with E-state index < -0.39 is 0 Å². The van der Waals surface area contributed by atoms with Gasteiger partial charge in [-0.3, -0.25) is 11.3 Å². The summed E-state index contributed by atoms with van der Waals surface area (Å²) >= 11 is 12.1. The molecule has 118 valence electrons. The van der Waals surface area contributed by atoms with E-state index in [0.717, 1.165) is 6.42 Å². The lowest BCUT2D eigenvalue weighted by molar-refractivity contribution is 0.0569. The van der Waals surface area contributed by atoms with E-state index in [4.69, 9.17) is 29.0 Å². The molecule has 2 rings (SSSR count). The smallest absolute Gasteiger partial charge is 0.0595 e. The molecule has 1 aromatic rings. The second kappa shape index (κ2) is 7.30. The first kappa shape index (κ1) is 17.0. The van der Waals surface area contributed by atoms with Crippen molar-refractivity contribution in [1.29, 1.82) is 0 Å². The van der Waals surface area contributed by atoms with Gasteiger partial charge in [0.05, 0.1) is 10.0 Å². The number of hydrazine groups is 1. The van der Waals surface area contributed by atoms with Gasteiger partial charge in [0.15, 0.2) is 0 Å². The van der Waals surface area contributed by atoms with Gasteiger partial charge in [-0.15, -0.1) is 0 Å². The van der Waals surface area contributed by atoms with Crippen molar-refractivity contribution in [2.24, 2.45) is 5.84 Å². The zero-order chi connectivity index (χ0) is 15.5. The number of nitrogens with zero attached hydrogens (tertiary/aromatic N) is 1. The number of benzene rings is 1. The zero-order valence-electron chi connectivity index (χ0n) is 12.8. The van der Waals surface area contributed by atoms with Crippen molar-refractivity contribution in [3.8, 4) is 0 Å². The van der Waals surface area contributed by atoms with Gasteiger partial charge in [-0.25, -0.2) is 0 Å². The minimum absolute atomic E-state index is 0.110. The Morgan fingerprint density at radius 1 is 1.19 bits per heavy atom. The Bertz CT molecular complexity index is 471. The Balaban J connectivity index is 2.22. The molecule has 0 radical (unpaired) electrons. The van der Waals surface area contributed by atoms with Gasteiger partial charge in [0, 0.05) is 11.6 Å². The van der Waals surface area contributed by atoms with Crippen LogP contribution in [0.3, 0.4) is 0 Å². The van der Waals surface area contributed by atoms with Crippen LogP contribution in [0.25, 0.3) is 0 Å². The number of hydrogen-bond donors (Lipinski definition) is 2. The second-order valence-electron chi connectivity index (χ2n) is 6.23. The maximum atomic E-state index is 6.13. The standard InChI is InChI=1S/C16H25Cl2N3/c1-21(2)16(8-4-3-5-9-16)15(20-19)11-12-6-7-13(17)14(18)10-12/h6-7,10,15,20H,3-5,8-9,11,19H2,1-2H3. The summed E-state index contributed by atoms with van der Waals surface area (Å²) in [6.45, 7) is 0. The predicted octanol–water partition coefficient (Wildman–Crippen LogP) is 3.63. The van der Waals surface area contributed by atoms with Crippen molar-refractivity contribution in [1.82, 2.24) is 10.3 Å². The Morgan fingerprint density at radius 2 is 1.86 bits per heavy atom. The van der Waals surface area contributed by atoms with Gasteiger partial charge in [-0.2, -0.15) is 0 Å². The van der Waals surface area contributed by atoms with E-state index in [2.05, 4.69) is 24.4 Å². The maximum Gasteiger partial charge on any atom is 0.0595 e. The first-order chi connectivity index (χ1) is 9.99. The molecule has 3 nitrogen and oxygen atoms in total. The molecule has 1 saturated carbocycles. The topological polar surface area (TPSA) is 41.3 Å². The van der Waals surface area contributed by atoms with Crippen LogP contribution < -0.4 is 11.3 Å². The average Bonchev–Trinajstić information content (AvgIpc) is 2.49. The highest BCUT2D eigenvalue weighted by atomic mass is 35.5. The van der Waals surface area contributed by atoms with E-state index in [-0.39, 0.29) is 11.6 Å². The van der Waals surface area contributed by atoms with Gasteiger partial charge in [0.1, 0.15) is 0 Å². The lowest BCUT2D eigenvalue weighted by Gasteiger charge is -2.48. The van der Waals surface area contributed by atoms with E-state index in [0.29, 0.717) is 10.0 Å². The normalized spacial score (nSPS) is 19.7. The minimum atomic E-state index is 0.110. The largest absolute Gasteiger partial charge is 0.302 e. The molecule has 3 N–H and O–H groups in total. The molecule has 1 aliphatic rings. The lowest BCUT2D eigenvalue weighted by atomic mass is 9.73. The molecule has 1 fully saturated rings. The zero-order valence-corrected chi connectivity index (χ0v) is 14.3. The molecule has 5 heteroatoms. The fourth-order valence-electron chi connectivity index (χ4n) is 3.58. The molecule has 0 aliphatic heterocycles. The first-order valence-electron chi connectivity index (χ1n) is 7.57. The number of nitrogens with one attached hydrogen (secondary N) is 1. The Morgan fingerprint density at radius 3 is 2.38 bits per heavy atom. The van der Waals surface area contributed by atoms with Gasteiger partial charge in [0.2, 0.25) is 0 Å². The summed E-state index contributed by atoms with van der Waals surface area (Å²) in [6.07, 6.45) is 7.05. The van der Waals surface area contributed by atoms with Crippen LogP contribution in [0.4, 0.5) is 0 Å². The van der Waals surface area contributed by atoms with Crippen molar-refractivity contribution in [3.05, 3.63) is 33.8 Å². The van der Waals surface area contributed by atoms with Crippen molar-refractivity contribution in [2.75, 3.05) is 14.1 Å². The second-order valence-corrected chi connectivity index (χ2v) is 7.04. The van der Waals surface area contributed by atoms with Gasteiger partial charge in [-0.1, -0.05) is 48.5 Å². The van der Waals surface area contributed by atoms with Crippen LogP contribution in [-0.2, 0) is 6.42 Å². The first-order valence-corrected chi connectivity index (χ1v) is 8.32. The van der Waals surface area contributed by atoms with Gasteiger partial charge < -0.3 is 4.90 Å². The van der Waals surface area contributed by atoms with Crippen LogP contribution in [0.1, 0.15) is 37.7 Å². The number of likely N-dealkylation sites (N-methyl/N-ethyl adjacent to an activating group) is 1. The quantitative estimate of drug-likeness (QED) is 0.640. The Kier molecular flexibility index (Phi) is 5.92. The Labute approximate surface area is 137 Å². The van der Waals surface area contributed by atoms with Crippen LogP contribution in [0.15, 0.2) is 18.2 Å². The molecule has 1 aromatic carbocycles. The van der Waals surface area contributed by atoms with E-state index in [9.17, 15) is 0 Å². The van der Waals surface area contributed by atoms with Crippen molar-refractivity contribution >= 4 is 23.2 Å². The van der Waals surface area contributed by atoms with Crippen molar-refractivity contribution in [3.63, 3.8) is 0 Å². The van der Waals surface area contributed by atoms with E-state index >= 15 is 0 Å². The van der Waals surface area contributed by atoms with Crippen LogP contribution >= 0.6 is 23.2 Å². The van der Waals surface area contributed by atoms with E-state index in [1.807, 2.05) is 18.2 Å². The number of halogens is 2. The summed E-state index contributed by atoms with van der Waals surface area (Å²) in [5.74, 6) is 5.91. The minimum Gasteiger partial charge on any atom is -0.302 e. The lowest BCUT2D eigenvalue weighted by Crippen LogP contribution is -2.62. The summed E-state index contributed by atoms with van der Waals surface area (Å²) in [6, 6.07) is 6.03. The van der Waals surface area contributed by atoms with Crippen LogP contribution in [-0.4, -0.2) is 30.6 Å². The fourth-order valence-corrected chi connectivity index (χ4v) is 3.90. The van der Waals surface area contributed by atoms with Gasteiger partial charge in [-0.05, 0) is 51.1 Å². The SMILES string of the molecule is CN(C)C1(C(Cc2ccc(Cl)c(Cl)c2)NN)CCCCC1. The molecule has 0 saturated heterocycles. The molecule has 0 spiro atoms. The van der Waals surface area contributed by atoms with Crippen molar-refractivity contribution in [2.45, 2.75) is 50.1 Å². The van der Waals surface area contributed by atoms with Gasteiger partial charge in [0.25, 0.3) is 0 Å². The summed E-state index contributed by atoms with van der Waals surface area (Å²) in [5, 5.41) is 1.20. The fraction of sp³-hybridized carbons (Fsp3) is 0.625. The third-order valence-electron chi connectivity index (χ3n) is 4.88. The molecule has 1 unspecified atom stereocenters. The Hall–Kier alpha value is -0.320. The number of hydrogen-bond acceptors (Lipinski definition) is 3. The molecule has 0 aromatic heterocycles. The average molecular weight is 330 g/mol. The molecule has 0 bridgehead atoms. The highest BCUT2D eigenvalue weighted by Gasteiger charge is 2.41. The molecule has 0 heterocycles. The monoisotopic (exact) mass is 329 g/mol. The molecular formula is C16H25Cl2N3. The molecule has 1 aliphatic carbocycles. The van der Waals surface area contributed by atoms with Gasteiger partial charge >= 0.3 is 0 Å². The summed E-state index contributed by atoms with van der Waals surface area (Å²) in [4.78, 5) is 2.34. The van der Waals surface area contributed by atoms with E-state index in [1.54, 1.807) is 0 Å². The van der Waals surface area contributed by atoms with Crippen LogP contribution in [0.5, 0.6) is 0 Å². The third kappa shape index (κ3) is 3.72. The van der Waals surface area contributed by atoms with E-state index in [1.165, 1.54) is 37.7 Å². The molecule has 21 heavy (non-hydrogen) atoms. The maximum absolute atomic E-state index is 6.13.